The number of nitrogens with one attached hydrogen (secondary N) is 1. The maximum absolute atomic E-state index is 13.6. The molecule has 11 heteroatoms. The Kier molecular flexibility index (Phi) is 10.4. The Hall–Kier alpha value is -3.47. The number of carbonyl (C=O) groups excluding carboxylic acids is 2. The van der Waals surface area contributed by atoms with Crippen LogP contribution in [0.15, 0.2) is 42.5 Å². The highest BCUT2D eigenvalue weighted by Gasteiger charge is 2.29. The number of amides is 2. The SMILES string of the molecule is COc1cccc(CN(C(=O)CCCN(c2ccc3c(c2)OCCO3)S(C)(=O)=O)[C@H](C)C(=O)NC2CCCCC2)c1. The number of rotatable bonds is 12. The molecule has 1 saturated carbocycles. The van der Waals surface area contributed by atoms with E-state index in [0.717, 1.165) is 37.5 Å². The minimum absolute atomic E-state index is 0.0710. The van der Waals surface area contributed by atoms with Gasteiger partial charge in [0.05, 0.1) is 19.1 Å². The van der Waals surface area contributed by atoms with Gasteiger partial charge < -0.3 is 24.4 Å². The lowest BCUT2D eigenvalue weighted by molar-refractivity contribution is -0.141. The van der Waals surface area contributed by atoms with Crippen molar-refractivity contribution in [3.63, 3.8) is 0 Å². The van der Waals surface area contributed by atoms with Crippen LogP contribution < -0.4 is 23.8 Å². The van der Waals surface area contributed by atoms with Crippen molar-refractivity contribution in [1.82, 2.24) is 10.2 Å². The van der Waals surface area contributed by atoms with Crippen LogP contribution in [0.1, 0.15) is 57.4 Å². The smallest absolute Gasteiger partial charge is 0.242 e. The van der Waals surface area contributed by atoms with Gasteiger partial charge >= 0.3 is 0 Å². The van der Waals surface area contributed by atoms with E-state index in [9.17, 15) is 18.0 Å². The highest BCUT2D eigenvalue weighted by molar-refractivity contribution is 7.92. The molecule has 1 atom stereocenters. The van der Waals surface area contributed by atoms with E-state index in [2.05, 4.69) is 5.32 Å². The molecule has 0 radical (unpaired) electrons. The summed E-state index contributed by atoms with van der Waals surface area (Å²) in [4.78, 5) is 28.4. The maximum Gasteiger partial charge on any atom is 0.242 e. The summed E-state index contributed by atoms with van der Waals surface area (Å²) in [6.45, 7) is 2.90. The van der Waals surface area contributed by atoms with Crippen LogP contribution in [0.3, 0.4) is 0 Å². The van der Waals surface area contributed by atoms with E-state index >= 15 is 0 Å². The fraction of sp³-hybridized carbons (Fsp3) is 0.533. The van der Waals surface area contributed by atoms with Crippen molar-refractivity contribution in [2.24, 2.45) is 0 Å². The van der Waals surface area contributed by atoms with E-state index in [1.165, 1.54) is 10.7 Å². The van der Waals surface area contributed by atoms with Gasteiger partial charge in [-0.3, -0.25) is 13.9 Å². The topological polar surface area (TPSA) is 114 Å². The molecule has 0 aromatic heterocycles. The van der Waals surface area contributed by atoms with Crippen LogP contribution in [0.2, 0.25) is 0 Å². The number of hydrogen-bond donors (Lipinski definition) is 1. The Bertz CT molecular complexity index is 1310. The van der Waals surface area contributed by atoms with E-state index in [1.54, 1.807) is 37.1 Å². The maximum atomic E-state index is 13.6. The minimum Gasteiger partial charge on any atom is -0.497 e. The zero-order chi connectivity index (χ0) is 29.4. The van der Waals surface area contributed by atoms with E-state index in [4.69, 9.17) is 14.2 Å². The van der Waals surface area contributed by atoms with Crippen LogP contribution in [-0.4, -0.2) is 70.3 Å². The second kappa shape index (κ2) is 13.9. The van der Waals surface area contributed by atoms with E-state index in [1.807, 2.05) is 24.3 Å². The van der Waals surface area contributed by atoms with E-state index in [-0.39, 0.29) is 43.8 Å². The second-order valence-electron chi connectivity index (χ2n) is 10.7. The monoisotopic (exact) mass is 587 g/mol. The number of methoxy groups -OCH3 is 1. The van der Waals surface area contributed by atoms with Crippen molar-refractivity contribution in [2.45, 2.75) is 70.5 Å². The lowest BCUT2D eigenvalue weighted by atomic mass is 9.95. The lowest BCUT2D eigenvalue weighted by Gasteiger charge is -2.31. The third-order valence-corrected chi connectivity index (χ3v) is 8.77. The first kappa shape index (κ1) is 30.5. The zero-order valence-corrected chi connectivity index (χ0v) is 25.0. The molecule has 1 fully saturated rings. The largest absolute Gasteiger partial charge is 0.497 e. The predicted molar refractivity (Wildman–Crippen MR) is 157 cm³/mol. The van der Waals surface area contributed by atoms with Crippen LogP contribution >= 0.6 is 0 Å². The van der Waals surface area contributed by atoms with Gasteiger partial charge in [0.25, 0.3) is 0 Å². The molecule has 0 spiro atoms. The first-order chi connectivity index (χ1) is 19.7. The summed E-state index contributed by atoms with van der Waals surface area (Å²) in [5.74, 6) is 1.31. The third kappa shape index (κ3) is 8.28. The Morgan fingerprint density at radius 1 is 1.05 bits per heavy atom. The van der Waals surface area contributed by atoms with Crippen molar-refractivity contribution in [3.8, 4) is 17.2 Å². The molecule has 1 aliphatic heterocycles. The molecular formula is C30H41N3O7S. The number of hydrogen-bond acceptors (Lipinski definition) is 7. The molecule has 2 amide bonds. The molecule has 41 heavy (non-hydrogen) atoms. The molecule has 2 aliphatic rings. The van der Waals surface area contributed by atoms with Crippen molar-refractivity contribution in [3.05, 3.63) is 48.0 Å². The molecule has 2 aromatic rings. The van der Waals surface area contributed by atoms with Crippen LogP contribution in [0, 0.1) is 0 Å². The van der Waals surface area contributed by atoms with Crippen molar-refractivity contribution >= 4 is 27.5 Å². The molecule has 1 aliphatic carbocycles. The van der Waals surface area contributed by atoms with Gasteiger partial charge in [-0.2, -0.15) is 0 Å². The Labute approximate surface area is 243 Å². The molecular weight excluding hydrogens is 546 g/mol. The molecule has 4 rings (SSSR count). The van der Waals surface area contributed by atoms with E-state index in [0.29, 0.717) is 36.1 Å². The average Bonchev–Trinajstić information content (AvgIpc) is 2.97. The normalized spacial score (nSPS) is 16.0. The van der Waals surface area contributed by atoms with Gasteiger partial charge in [-0.15, -0.1) is 0 Å². The molecule has 1 heterocycles. The molecule has 224 valence electrons. The van der Waals surface area contributed by atoms with Crippen molar-refractivity contribution < 1.29 is 32.2 Å². The fourth-order valence-corrected chi connectivity index (χ4v) is 6.27. The molecule has 0 saturated heterocycles. The molecule has 2 aromatic carbocycles. The first-order valence-electron chi connectivity index (χ1n) is 14.3. The highest BCUT2D eigenvalue weighted by atomic mass is 32.2. The summed E-state index contributed by atoms with van der Waals surface area (Å²) >= 11 is 0. The van der Waals surface area contributed by atoms with Crippen LogP contribution in [0.25, 0.3) is 0 Å². The molecule has 0 bridgehead atoms. The molecule has 10 nitrogen and oxygen atoms in total. The number of nitrogens with zero attached hydrogens (tertiary/aromatic N) is 2. The third-order valence-electron chi connectivity index (χ3n) is 7.57. The number of sulfonamides is 1. The van der Waals surface area contributed by atoms with Crippen molar-refractivity contribution in [1.29, 1.82) is 0 Å². The Morgan fingerprint density at radius 2 is 1.78 bits per heavy atom. The van der Waals surface area contributed by atoms with Gasteiger partial charge in [0.1, 0.15) is 25.0 Å². The standard InChI is InChI=1S/C30H41N3O7S/c1-22(30(35)31-24-10-5-4-6-11-24)32(21-23-9-7-12-26(19-23)38-2)29(34)13-8-16-33(41(3,36)37)25-14-15-27-28(20-25)40-18-17-39-27/h7,9,12,14-15,19-20,22,24H,4-6,8,10-11,13,16-18,21H2,1-3H3,(H,31,35)/t22-/m1/s1. The van der Waals surface area contributed by atoms with Crippen LogP contribution in [0.5, 0.6) is 17.2 Å². The fourth-order valence-electron chi connectivity index (χ4n) is 5.31. The van der Waals surface area contributed by atoms with Gasteiger partial charge in [0.2, 0.25) is 21.8 Å². The van der Waals surface area contributed by atoms with Gasteiger partial charge in [0, 0.05) is 31.6 Å². The molecule has 0 unspecified atom stereocenters. The summed E-state index contributed by atoms with van der Waals surface area (Å²) in [7, 11) is -2.05. The van der Waals surface area contributed by atoms with Crippen LogP contribution in [0.4, 0.5) is 5.69 Å². The summed E-state index contributed by atoms with van der Waals surface area (Å²) in [6, 6.07) is 11.8. The Morgan fingerprint density at radius 3 is 2.49 bits per heavy atom. The number of ether oxygens (including phenoxy) is 3. The highest BCUT2D eigenvalue weighted by Crippen LogP contribution is 2.35. The zero-order valence-electron chi connectivity index (χ0n) is 24.1. The van der Waals surface area contributed by atoms with Crippen LogP contribution in [-0.2, 0) is 26.2 Å². The summed E-state index contributed by atoms with van der Waals surface area (Å²) in [6.07, 6.45) is 6.73. The minimum atomic E-state index is -3.63. The van der Waals surface area contributed by atoms with Gasteiger partial charge in [-0.1, -0.05) is 31.4 Å². The summed E-state index contributed by atoms with van der Waals surface area (Å²) in [5.41, 5.74) is 1.28. The lowest BCUT2D eigenvalue weighted by Crippen LogP contribution is -2.50. The van der Waals surface area contributed by atoms with Crippen molar-refractivity contribution in [2.75, 3.05) is 37.4 Å². The van der Waals surface area contributed by atoms with Gasteiger partial charge in [0.15, 0.2) is 11.5 Å². The predicted octanol–water partition coefficient (Wildman–Crippen LogP) is 3.88. The first-order valence-corrected chi connectivity index (χ1v) is 16.1. The number of anilines is 1. The quantitative estimate of drug-likeness (QED) is 0.401. The van der Waals surface area contributed by atoms with E-state index < -0.39 is 16.1 Å². The Balaban J connectivity index is 1.46. The second-order valence-corrected chi connectivity index (χ2v) is 12.6. The number of benzene rings is 2. The molecule has 1 N–H and O–H groups in total. The summed E-state index contributed by atoms with van der Waals surface area (Å²) < 4.78 is 43.2. The number of carbonyl (C=O) groups is 2. The summed E-state index contributed by atoms with van der Waals surface area (Å²) in [5, 5.41) is 3.14. The van der Waals surface area contributed by atoms with Gasteiger partial charge in [-0.05, 0) is 56.0 Å². The average molecular weight is 588 g/mol. The number of fused-ring (bicyclic) bond motifs is 1. The van der Waals surface area contributed by atoms with Gasteiger partial charge in [-0.25, -0.2) is 8.42 Å².